The summed E-state index contributed by atoms with van der Waals surface area (Å²) in [5.41, 5.74) is 3.73. The van der Waals surface area contributed by atoms with Crippen LogP contribution >= 0.6 is 0 Å². The molecule has 0 bridgehead atoms. The molecule has 0 unspecified atom stereocenters. The molecule has 1 aliphatic rings. The molecule has 1 saturated carbocycles. The van der Waals surface area contributed by atoms with Crippen molar-refractivity contribution in [2.75, 3.05) is 14.1 Å². The van der Waals surface area contributed by atoms with E-state index in [0.29, 0.717) is 29.5 Å². The van der Waals surface area contributed by atoms with Gasteiger partial charge in [0.25, 0.3) is 11.8 Å². The Kier molecular flexibility index (Phi) is 7.30. The third-order valence-electron chi connectivity index (χ3n) is 5.65. The molecule has 2 aromatic carbocycles. The van der Waals surface area contributed by atoms with E-state index in [1.807, 2.05) is 0 Å². The van der Waals surface area contributed by atoms with Crippen LogP contribution in [0.25, 0.3) is 11.1 Å². The molecule has 7 nitrogen and oxygen atoms in total. The van der Waals surface area contributed by atoms with Crippen LogP contribution in [0.15, 0.2) is 36.4 Å². The fourth-order valence-electron chi connectivity index (χ4n) is 3.84. The van der Waals surface area contributed by atoms with Gasteiger partial charge in [-0.15, -0.1) is 4.83 Å². The minimum atomic E-state index is -3.74. The lowest BCUT2D eigenvalue weighted by Gasteiger charge is -2.22. The molecule has 0 atom stereocenters. The Balaban J connectivity index is 1.85. The molecule has 0 heterocycles. The van der Waals surface area contributed by atoms with E-state index in [2.05, 4.69) is 10.3 Å². The number of aryl methyl sites for hydroxylation is 1. The highest BCUT2D eigenvalue weighted by atomic mass is 32.2. The minimum absolute atomic E-state index is 0.180. The van der Waals surface area contributed by atoms with E-state index >= 15 is 0 Å². The maximum absolute atomic E-state index is 14.7. The molecule has 32 heavy (non-hydrogen) atoms. The second kappa shape index (κ2) is 9.79. The predicted molar refractivity (Wildman–Crippen MR) is 121 cm³/mol. The number of sulfonamides is 1. The van der Waals surface area contributed by atoms with Crippen molar-refractivity contribution >= 4 is 21.8 Å². The number of amides is 2. The Labute approximate surface area is 188 Å². The molecule has 2 amide bonds. The molecule has 1 fully saturated rings. The lowest BCUT2D eigenvalue weighted by Crippen LogP contribution is -2.46. The fraction of sp³-hybridized carbons (Fsp3) is 0.391. The van der Waals surface area contributed by atoms with Crippen LogP contribution in [-0.4, -0.2) is 44.5 Å². The van der Waals surface area contributed by atoms with Crippen LogP contribution in [0.4, 0.5) is 4.39 Å². The molecule has 2 aromatic rings. The van der Waals surface area contributed by atoms with Gasteiger partial charge in [0.2, 0.25) is 10.0 Å². The maximum Gasteiger partial charge on any atom is 0.269 e. The number of nitrogens with one attached hydrogen (secondary N) is 2. The number of hydrogen-bond donors (Lipinski definition) is 2. The zero-order chi connectivity index (χ0) is 23.5. The van der Waals surface area contributed by atoms with E-state index in [-0.39, 0.29) is 17.0 Å². The molecule has 0 saturated heterocycles. The summed E-state index contributed by atoms with van der Waals surface area (Å²) in [5.74, 6) is -1.79. The molecule has 3 rings (SSSR count). The summed E-state index contributed by atoms with van der Waals surface area (Å²) in [6.07, 6.45) is 3.72. The van der Waals surface area contributed by atoms with E-state index in [0.717, 1.165) is 19.3 Å². The SMILES string of the molecule is Cc1cc(-c2cccc(C(=O)N(C)C)c2)cc(C(=O)NNS(=O)(=O)C2CCCCC2)c1F. The normalized spacial score (nSPS) is 14.8. The van der Waals surface area contributed by atoms with Gasteiger partial charge in [0.05, 0.1) is 10.8 Å². The lowest BCUT2D eigenvalue weighted by molar-refractivity contribution is 0.0827. The molecule has 172 valence electrons. The van der Waals surface area contributed by atoms with Gasteiger partial charge in [-0.3, -0.25) is 15.0 Å². The molecule has 0 spiro atoms. The molecule has 1 aliphatic carbocycles. The zero-order valence-corrected chi connectivity index (χ0v) is 19.3. The standard InChI is InChI=1S/C23H28FN3O4S/c1-15-12-18(16-8-7-9-17(13-16)23(29)27(2)3)14-20(21(15)24)22(28)25-26-32(30,31)19-10-5-4-6-11-19/h7-9,12-14,19,26H,4-6,10-11H2,1-3H3,(H,25,28). The number of carbonyl (C=O) groups is 2. The number of hydrogen-bond acceptors (Lipinski definition) is 4. The van der Waals surface area contributed by atoms with Crippen molar-refractivity contribution in [3.8, 4) is 11.1 Å². The average molecular weight is 462 g/mol. The first-order chi connectivity index (χ1) is 15.1. The van der Waals surface area contributed by atoms with Crippen molar-refractivity contribution < 1.29 is 22.4 Å². The first kappa shape index (κ1) is 23.9. The molecule has 0 aliphatic heterocycles. The summed E-state index contributed by atoms with van der Waals surface area (Å²) in [4.78, 5) is 28.5. The van der Waals surface area contributed by atoms with E-state index in [1.54, 1.807) is 44.4 Å². The van der Waals surface area contributed by atoms with Crippen molar-refractivity contribution in [3.05, 3.63) is 58.9 Å². The van der Waals surface area contributed by atoms with E-state index in [4.69, 9.17) is 0 Å². The van der Waals surface area contributed by atoms with E-state index in [9.17, 15) is 22.4 Å². The van der Waals surface area contributed by atoms with Crippen LogP contribution in [0.3, 0.4) is 0 Å². The Morgan fingerprint density at radius 2 is 1.72 bits per heavy atom. The number of carbonyl (C=O) groups excluding carboxylic acids is 2. The summed E-state index contributed by atoms with van der Waals surface area (Å²) >= 11 is 0. The van der Waals surface area contributed by atoms with Crippen LogP contribution in [0.5, 0.6) is 0 Å². The van der Waals surface area contributed by atoms with Gasteiger partial charge in [-0.25, -0.2) is 12.8 Å². The third kappa shape index (κ3) is 5.34. The molecule has 0 aromatic heterocycles. The van der Waals surface area contributed by atoms with E-state index in [1.165, 1.54) is 17.9 Å². The van der Waals surface area contributed by atoms with Gasteiger partial charge in [-0.2, -0.15) is 0 Å². The van der Waals surface area contributed by atoms with Gasteiger partial charge in [-0.1, -0.05) is 31.4 Å². The number of benzene rings is 2. The van der Waals surface area contributed by atoms with Crippen LogP contribution in [-0.2, 0) is 10.0 Å². The Morgan fingerprint density at radius 1 is 1.03 bits per heavy atom. The van der Waals surface area contributed by atoms with Crippen molar-refractivity contribution in [2.24, 2.45) is 0 Å². The second-order valence-corrected chi connectivity index (χ2v) is 10.3. The highest BCUT2D eigenvalue weighted by Crippen LogP contribution is 2.26. The van der Waals surface area contributed by atoms with Gasteiger partial charge in [0.1, 0.15) is 5.82 Å². The van der Waals surface area contributed by atoms with Gasteiger partial charge in [0, 0.05) is 19.7 Å². The molecular formula is C23H28FN3O4S. The number of hydrazine groups is 1. The summed E-state index contributed by atoms with van der Waals surface area (Å²) < 4.78 is 39.7. The highest BCUT2D eigenvalue weighted by Gasteiger charge is 2.28. The Morgan fingerprint density at radius 3 is 2.38 bits per heavy atom. The largest absolute Gasteiger partial charge is 0.345 e. The number of rotatable bonds is 6. The predicted octanol–water partition coefficient (Wildman–Crippen LogP) is 3.40. The van der Waals surface area contributed by atoms with E-state index < -0.39 is 27.0 Å². The quantitative estimate of drug-likeness (QED) is 0.645. The second-order valence-electron chi connectivity index (χ2n) is 8.30. The first-order valence-corrected chi connectivity index (χ1v) is 12.1. The molecule has 2 N–H and O–H groups in total. The topological polar surface area (TPSA) is 95.6 Å². The van der Waals surface area contributed by atoms with Crippen LogP contribution in [0, 0.1) is 12.7 Å². The van der Waals surface area contributed by atoms with Crippen molar-refractivity contribution in [3.63, 3.8) is 0 Å². The summed E-state index contributed by atoms with van der Waals surface area (Å²) in [7, 11) is -0.448. The lowest BCUT2D eigenvalue weighted by atomic mass is 9.97. The van der Waals surface area contributed by atoms with Gasteiger partial charge < -0.3 is 4.90 Å². The Hall–Kier alpha value is -2.78. The third-order valence-corrected chi connectivity index (χ3v) is 7.38. The fourth-order valence-corrected chi connectivity index (χ4v) is 5.19. The van der Waals surface area contributed by atoms with Crippen LogP contribution in [0.1, 0.15) is 58.4 Å². The summed E-state index contributed by atoms with van der Waals surface area (Å²) in [6.45, 7) is 1.52. The molecular weight excluding hydrogens is 433 g/mol. The zero-order valence-electron chi connectivity index (χ0n) is 18.4. The van der Waals surface area contributed by atoms with Crippen molar-refractivity contribution in [1.82, 2.24) is 15.2 Å². The van der Waals surface area contributed by atoms with Gasteiger partial charge in [0.15, 0.2) is 0 Å². The Bertz CT molecular complexity index is 1130. The highest BCUT2D eigenvalue weighted by molar-refractivity contribution is 7.90. The molecule has 0 radical (unpaired) electrons. The number of halogens is 1. The number of nitrogens with zero attached hydrogens (tertiary/aromatic N) is 1. The summed E-state index contributed by atoms with van der Waals surface area (Å²) in [5, 5.41) is -0.563. The van der Waals surface area contributed by atoms with Crippen molar-refractivity contribution in [1.29, 1.82) is 0 Å². The first-order valence-electron chi connectivity index (χ1n) is 10.5. The summed E-state index contributed by atoms with van der Waals surface area (Å²) in [6, 6.07) is 9.75. The molecule has 9 heteroatoms. The van der Waals surface area contributed by atoms with Crippen LogP contribution in [0.2, 0.25) is 0 Å². The smallest absolute Gasteiger partial charge is 0.269 e. The monoisotopic (exact) mass is 461 g/mol. The average Bonchev–Trinajstić information content (AvgIpc) is 2.79. The van der Waals surface area contributed by atoms with Crippen molar-refractivity contribution in [2.45, 2.75) is 44.3 Å². The minimum Gasteiger partial charge on any atom is -0.345 e. The van der Waals surface area contributed by atoms with Gasteiger partial charge in [-0.05, 0) is 60.7 Å². The maximum atomic E-state index is 14.7. The van der Waals surface area contributed by atoms with Crippen LogP contribution < -0.4 is 10.3 Å². The van der Waals surface area contributed by atoms with Gasteiger partial charge >= 0.3 is 0 Å².